The number of ether oxygens (including phenoxy) is 2. The van der Waals surface area contributed by atoms with E-state index in [9.17, 15) is 19.2 Å². The Morgan fingerprint density at radius 1 is 1.12 bits per heavy atom. The summed E-state index contributed by atoms with van der Waals surface area (Å²) < 4.78 is 9.78. The first-order valence-corrected chi connectivity index (χ1v) is 7.57. The quantitative estimate of drug-likeness (QED) is 0.331. The van der Waals surface area contributed by atoms with E-state index >= 15 is 0 Å². The topological polar surface area (TPSA) is 116 Å². The number of amides is 2. The van der Waals surface area contributed by atoms with Crippen LogP contribution in [-0.2, 0) is 14.3 Å². The lowest BCUT2D eigenvalue weighted by molar-refractivity contribution is -0.140. The summed E-state index contributed by atoms with van der Waals surface area (Å²) in [7, 11) is 0. The molecule has 0 unspecified atom stereocenters. The molecule has 1 aromatic rings. The molecule has 1 aromatic carbocycles. The SMILES string of the molecule is C=C(C)C(=O)OCCOC(=O)c1ccc2c(c1)C(=O)N(CCN)C2=O. The zero-order valence-corrected chi connectivity index (χ0v) is 13.7. The third-order valence-corrected chi connectivity index (χ3v) is 3.46. The van der Waals surface area contributed by atoms with Gasteiger partial charge in [-0.05, 0) is 25.1 Å². The van der Waals surface area contributed by atoms with Crippen molar-refractivity contribution in [1.82, 2.24) is 4.90 Å². The van der Waals surface area contributed by atoms with Gasteiger partial charge in [0, 0.05) is 18.7 Å². The molecule has 0 saturated heterocycles. The molecule has 0 atom stereocenters. The number of imide groups is 1. The molecule has 1 heterocycles. The minimum Gasteiger partial charge on any atom is -0.459 e. The van der Waals surface area contributed by atoms with Crippen molar-refractivity contribution in [2.24, 2.45) is 5.73 Å². The molecule has 0 aliphatic carbocycles. The molecule has 0 fully saturated rings. The monoisotopic (exact) mass is 346 g/mol. The van der Waals surface area contributed by atoms with Crippen LogP contribution in [0.25, 0.3) is 0 Å². The van der Waals surface area contributed by atoms with Gasteiger partial charge in [-0.15, -0.1) is 0 Å². The van der Waals surface area contributed by atoms with Crippen LogP contribution in [0.2, 0.25) is 0 Å². The molecule has 1 aliphatic rings. The number of hydrogen-bond donors (Lipinski definition) is 1. The molecule has 2 rings (SSSR count). The molecule has 2 N–H and O–H groups in total. The predicted molar refractivity (Wildman–Crippen MR) is 86.9 cm³/mol. The van der Waals surface area contributed by atoms with E-state index in [2.05, 4.69) is 6.58 Å². The number of rotatable bonds is 7. The highest BCUT2D eigenvalue weighted by atomic mass is 16.6. The average molecular weight is 346 g/mol. The Balaban J connectivity index is 2.00. The Morgan fingerprint density at radius 3 is 2.40 bits per heavy atom. The van der Waals surface area contributed by atoms with Crippen molar-refractivity contribution in [3.63, 3.8) is 0 Å². The molecule has 2 amide bonds. The van der Waals surface area contributed by atoms with Crippen molar-refractivity contribution in [1.29, 1.82) is 0 Å². The molecular weight excluding hydrogens is 328 g/mol. The summed E-state index contributed by atoms with van der Waals surface area (Å²) >= 11 is 0. The summed E-state index contributed by atoms with van der Waals surface area (Å²) in [5.41, 5.74) is 6.13. The van der Waals surface area contributed by atoms with E-state index in [1.54, 1.807) is 0 Å². The van der Waals surface area contributed by atoms with E-state index in [1.807, 2.05) is 0 Å². The first kappa shape index (κ1) is 18.3. The zero-order chi connectivity index (χ0) is 18.6. The van der Waals surface area contributed by atoms with Gasteiger partial charge in [0.2, 0.25) is 0 Å². The fourth-order valence-corrected chi connectivity index (χ4v) is 2.23. The Morgan fingerprint density at radius 2 is 1.76 bits per heavy atom. The van der Waals surface area contributed by atoms with Gasteiger partial charge >= 0.3 is 11.9 Å². The van der Waals surface area contributed by atoms with Crippen molar-refractivity contribution in [2.45, 2.75) is 6.92 Å². The number of hydrogen-bond acceptors (Lipinski definition) is 7. The van der Waals surface area contributed by atoms with Crippen LogP contribution in [0.1, 0.15) is 38.0 Å². The fourth-order valence-electron chi connectivity index (χ4n) is 2.23. The fraction of sp³-hybridized carbons (Fsp3) is 0.294. The lowest BCUT2D eigenvalue weighted by Crippen LogP contribution is -2.34. The summed E-state index contributed by atoms with van der Waals surface area (Å²) in [6.45, 7) is 4.96. The van der Waals surface area contributed by atoms with Crippen molar-refractivity contribution >= 4 is 23.8 Å². The van der Waals surface area contributed by atoms with Gasteiger partial charge in [0.05, 0.1) is 16.7 Å². The van der Waals surface area contributed by atoms with Gasteiger partial charge in [-0.3, -0.25) is 14.5 Å². The van der Waals surface area contributed by atoms with Gasteiger partial charge in [0.25, 0.3) is 11.8 Å². The molecule has 1 aliphatic heterocycles. The van der Waals surface area contributed by atoms with E-state index in [1.165, 1.54) is 25.1 Å². The van der Waals surface area contributed by atoms with Crippen molar-refractivity contribution in [2.75, 3.05) is 26.3 Å². The minimum absolute atomic E-state index is 0.107. The highest BCUT2D eigenvalue weighted by molar-refractivity contribution is 6.21. The standard InChI is InChI=1S/C17H18N2O6/c1-10(2)16(22)24-7-8-25-17(23)11-3-4-12-13(9-11)15(21)19(6-5-18)14(12)20/h3-4,9H,1,5-8,18H2,2H3. The van der Waals surface area contributed by atoms with Gasteiger partial charge in [0.1, 0.15) is 13.2 Å². The number of nitrogens with two attached hydrogens (primary N) is 1. The molecule has 0 bridgehead atoms. The van der Waals surface area contributed by atoms with Crippen LogP contribution in [0.15, 0.2) is 30.4 Å². The molecule has 25 heavy (non-hydrogen) atoms. The molecule has 0 radical (unpaired) electrons. The van der Waals surface area contributed by atoms with Crippen LogP contribution in [0.5, 0.6) is 0 Å². The number of benzene rings is 1. The second-order valence-electron chi connectivity index (χ2n) is 5.36. The van der Waals surface area contributed by atoms with Crippen LogP contribution < -0.4 is 5.73 Å². The lowest BCUT2D eigenvalue weighted by Gasteiger charge is -2.11. The number of fused-ring (bicyclic) bond motifs is 1. The lowest BCUT2D eigenvalue weighted by atomic mass is 10.1. The molecule has 0 saturated carbocycles. The van der Waals surface area contributed by atoms with Gasteiger partial charge in [-0.2, -0.15) is 0 Å². The zero-order valence-electron chi connectivity index (χ0n) is 13.7. The molecule has 0 spiro atoms. The Labute approximate surface area is 144 Å². The van der Waals surface area contributed by atoms with E-state index in [0.717, 1.165) is 4.90 Å². The molecular formula is C17H18N2O6. The van der Waals surface area contributed by atoms with Crippen molar-refractivity contribution < 1.29 is 28.7 Å². The van der Waals surface area contributed by atoms with Gasteiger partial charge in [-0.25, -0.2) is 9.59 Å². The van der Waals surface area contributed by atoms with Gasteiger partial charge in [0.15, 0.2) is 0 Å². The van der Waals surface area contributed by atoms with Gasteiger partial charge in [-0.1, -0.05) is 6.58 Å². The summed E-state index contributed by atoms with van der Waals surface area (Å²) in [6, 6.07) is 4.12. The second-order valence-corrected chi connectivity index (χ2v) is 5.36. The van der Waals surface area contributed by atoms with Crippen molar-refractivity contribution in [3.05, 3.63) is 47.0 Å². The van der Waals surface area contributed by atoms with E-state index in [-0.39, 0.29) is 48.6 Å². The number of carbonyl (C=O) groups excluding carboxylic acids is 4. The molecule has 8 heteroatoms. The smallest absolute Gasteiger partial charge is 0.338 e. The summed E-state index contributed by atoms with van der Waals surface area (Å²) in [6.07, 6.45) is 0. The van der Waals surface area contributed by atoms with Gasteiger partial charge < -0.3 is 15.2 Å². The maximum absolute atomic E-state index is 12.2. The second kappa shape index (κ2) is 7.71. The predicted octanol–water partition coefficient (Wildman–Crippen LogP) is 0.517. The summed E-state index contributed by atoms with van der Waals surface area (Å²) in [5, 5.41) is 0. The van der Waals surface area contributed by atoms with Crippen molar-refractivity contribution in [3.8, 4) is 0 Å². The van der Waals surface area contributed by atoms with Crippen LogP contribution in [0.3, 0.4) is 0 Å². The molecule has 132 valence electrons. The summed E-state index contributed by atoms with van der Waals surface area (Å²) in [4.78, 5) is 48.5. The normalized spacial score (nSPS) is 12.8. The largest absolute Gasteiger partial charge is 0.459 e. The first-order valence-electron chi connectivity index (χ1n) is 7.57. The molecule has 8 nitrogen and oxygen atoms in total. The third kappa shape index (κ3) is 3.92. The minimum atomic E-state index is -0.688. The third-order valence-electron chi connectivity index (χ3n) is 3.46. The number of carbonyl (C=O) groups is 4. The number of nitrogens with zero attached hydrogens (tertiary/aromatic N) is 1. The highest BCUT2D eigenvalue weighted by Crippen LogP contribution is 2.24. The van der Waals surface area contributed by atoms with Crippen LogP contribution in [0, 0.1) is 0 Å². The Hall–Kier alpha value is -3.00. The Bertz CT molecular complexity index is 756. The van der Waals surface area contributed by atoms with Crippen LogP contribution >= 0.6 is 0 Å². The van der Waals surface area contributed by atoms with E-state index in [0.29, 0.717) is 0 Å². The van der Waals surface area contributed by atoms with Crippen LogP contribution in [0.4, 0.5) is 0 Å². The van der Waals surface area contributed by atoms with E-state index in [4.69, 9.17) is 15.2 Å². The Kier molecular flexibility index (Phi) is 5.66. The highest BCUT2D eigenvalue weighted by Gasteiger charge is 2.35. The maximum atomic E-state index is 12.2. The summed E-state index contributed by atoms with van der Waals surface area (Å²) in [5.74, 6) is -2.18. The maximum Gasteiger partial charge on any atom is 0.338 e. The first-order chi connectivity index (χ1) is 11.9. The van der Waals surface area contributed by atoms with E-state index < -0.39 is 23.8 Å². The van der Waals surface area contributed by atoms with Crippen LogP contribution in [-0.4, -0.2) is 55.0 Å². The molecule has 0 aromatic heterocycles. The number of esters is 2. The average Bonchev–Trinajstić information content (AvgIpc) is 2.83.